The zero-order valence-corrected chi connectivity index (χ0v) is 14.1. The van der Waals surface area contributed by atoms with E-state index in [0.717, 1.165) is 18.4 Å². The molecule has 0 unspecified atom stereocenters. The fraction of sp³-hybridized carbons (Fsp3) is 0.421. The van der Waals surface area contributed by atoms with Crippen LogP contribution in [0.1, 0.15) is 28.8 Å². The maximum atomic E-state index is 12.1. The summed E-state index contributed by atoms with van der Waals surface area (Å²) in [6.07, 6.45) is 6.09. The van der Waals surface area contributed by atoms with Gasteiger partial charge in [-0.2, -0.15) is 0 Å². The quantitative estimate of drug-likeness (QED) is 0.630. The SMILES string of the molecule is COC(=O)c1ccc(CNC(=O)COC(=O)[C@H]2C[C@@H]3C=C[C@H]2C3)cc1. The molecule has 3 atom stereocenters. The van der Waals surface area contributed by atoms with Crippen molar-refractivity contribution in [1.29, 1.82) is 0 Å². The predicted molar refractivity (Wildman–Crippen MR) is 89.4 cm³/mol. The number of hydrogen-bond acceptors (Lipinski definition) is 5. The molecule has 2 aliphatic rings. The second-order valence-electron chi connectivity index (χ2n) is 6.46. The van der Waals surface area contributed by atoms with Gasteiger partial charge in [0, 0.05) is 6.54 Å². The van der Waals surface area contributed by atoms with Gasteiger partial charge in [0.15, 0.2) is 6.61 Å². The summed E-state index contributed by atoms with van der Waals surface area (Å²) < 4.78 is 9.78. The van der Waals surface area contributed by atoms with Gasteiger partial charge in [0.2, 0.25) is 0 Å². The van der Waals surface area contributed by atoms with E-state index < -0.39 is 5.97 Å². The summed E-state index contributed by atoms with van der Waals surface area (Å²) in [5, 5.41) is 2.70. The molecule has 0 spiro atoms. The molecule has 3 rings (SSSR count). The van der Waals surface area contributed by atoms with Gasteiger partial charge in [-0.1, -0.05) is 24.3 Å². The van der Waals surface area contributed by atoms with Crippen LogP contribution in [-0.2, 0) is 25.6 Å². The fourth-order valence-corrected chi connectivity index (χ4v) is 3.42. The first kappa shape index (κ1) is 17.2. The Bertz CT molecular complexity index is 694. The van der Waals surface area contributed by atoms with Crippen LogP contribution in [0, 0.1) is 17.8 Å². The van der Waals surface area contributed by atoms with Gasteiger partial charge in [-0.05, 0) is 42.4 Å². The summed E-state index contributed by atoms with van der Waals surface area (Å²) in [4.78, 5) is 35.3. The minimum absolute atomic E-state index is 0.103. The summed E-state index contributed by atoms with van der Waals surface area (Å²) in [5.74, 6) is -0.372. The highest BCUT2D eigenvalue weighted by Crippen LogP contribution is 2.43. The van der Waals surface area contributed by atoms with Crippen molar-refractivity contribution in [3.05, 3.63) is 47.5 Å². The first-order valence-corrected chi connectivity index (χ1v) is 8.35. The molecular formula is C19H21NO5. The zero-order chi connectivity index (χ0) is 17.8. The Morgan fingerprint density at radius 3 is 2.48 bits per heavy atom. The van der Waals surface area contributed by atoms with E-state index in [1.807, 2.05) is 0 Å². The molecule has 1 fully saturated rings. The van der Waals surface area contributed by atoms with Crippen LogP contribution in [0.5, 0.6) is 0 Å². The number of nitrogens with one attached hydrogen (secondary N) is 1. The maximum Gasteiger partial charge on any atom is 0.337 e. The van der Waals surface area contributed by atoms with Gasteiger partial charge >= 0.3 is 11.9 Å². The summed E-state index contributed by atoms with van der Waals surface area (Å²) in [5.41, 5.74) is 1.29. The fourth-order valence-electron chi connectivity index (χ4n) is 3.42. The minimum atomic E-state index is -0.405. The van der Waals surface area contributed by atoms with Crippen molar-refractivity contribution in [2.45, 2.75) is 19.4 Å². The highest BCUT2D eigenvalue weighted by atomic mass is 16.5. The van der Waals surface area contributed by atoms with Crippen molar-refractivity contribution in [2.75, 3.05) is 13.7 Å². The van der Waals surface area contributed by atoms with Gasteiger partial charge in [0.25, 0.3) is 5.91 Å². The number of amides is 1. The van der Waals surface area contributed by atoms with Crippen LogP contribution >= 0.6 is 0 Å². The highest BCUT2D eigenvalue weighted by molar-refractivity contribution is 5.89. The third-order valence-electron chi connectivity index (χ3n) is 4.79. The average molecular weight is 343 g/mol. The normalized spacial score (nSPS) is 23.3. The maximum absolute atomic E-state index is 12.1. The molecule has 1 amide bonds. The number of allylic oxidation sites excluding steroid dienone is 2. The molecule has 0 saturated heterocycles. The van der Waals surface area contributed by atoms with Gasteiger partial charge in [0.1, 0.15) is 0 Å². The molecule has 1 N–H and O–H groups in total. The lowest BCUT2D eigenvalue weighted by Gasteiger charge is -2.16. The van der Waals surface area contributed by atoms with E-state index in [2.05, 4.69) is 22.2 Å². The molecule has 6 heteroatoms. The summed E-state index contributed by atoms with van der Waals surface area (Å²) >= 11 is 0. The molecule has 2 aliphatic carbocycles. The molecular weight excluding hydrogens is 322 g/mol. The van der Waals surface area contributed by atoms with Gasteiger partial charge in [0.05, 0.1) is 18.6 Å². The lowest BCUT2D eigenvalue weighted by atomic mass is 9.94. The molecule has 0 heterocycles. The van der Waals surface area contributed by atoms with Crippen LogP contribution in [0.3, 0.4) is 0 Å². The summed E-state index contributed by atoms with van der Waals surface area (Å²) in [6, 6.07) is 6.74. The van der Waals surface area contributed by atoms with Crippen molar-refractivity contribution in [3.63, 3.8) is 0 Å². The molecule has 6 nitrogen and oxygen atoms in total. The Morgan fingerprint density at radius 1 is 1.12 bits per heavy atom. The number of ether oxygens (including phenoxy) is 2. The number of fused-ring (bicyclic) bond motifs is 2. The van der Waals surface area contributed by atoms with Crippen LogP contribution in [0.15, 0.2) is 36.4 Å². The molecule has 1 saturated carbocycles. The van der Waals surface area contributed by atoms with E-state index in [1.165, 1.54) is 7.11 Å². The van der Waals surface area contributed by atoms with E-state index in [-0.39, 0.29) is 30.3 Å². The molecule has 2 bridgehead atoms. The van der Waals surface area contributed by atoms with E-state index >= 15 is 0 Å². The minimum Gasteiger partial charge on any atom is -0.465 e. The number of carbonyl (C=O) groups excluding carboxylic acids is 3. The number of methoxy groups -OCH3 is 1. The number of carbonyl (C=O) groups is 3. The molecule has 1 aromatic carbocycles. The summed E-state index contributed by atoms with van der Waals surface area (Å²) in [6.45, 7) is 0.0331. The Hall–Kier alpha value is -2.63. The standard InChI is InChI=1S/C19H21NO5/c1-24-18(22)14-5-2-12(3-6-14)10-20-17(21)11-25-19(23)16-9-13-4-7-15(16)8-13/h2-7,13,15-16H,8-11H2,1H3,(H,20,21)/t13-,15+,16+/m1/s1. The van der Waals surface area contributed by atoms with Gasteiger partial charge < -0.3 is 14.8 Å². The summed E-state index contributed by atoms with van der Waals surface area (Å²) in [7, 11) is 1.32. The highest BCUT2D eigenvalue weighted by Gasteiger charge is 2.40. The van der Waals surface area contributed by atoms with Crippen molar-refractivity contribution in [3.8, 4) is 0 Å². The van der Waals surface area contributed by atoms with Crippen LogP contribution in [-0.4, -0.2) is 31.6 Å². The molecule has 132 valence electrons. The van der Waals surface area contributed by atoms with Crippen LogP contribution in [0.25, 0.3) is 0 Å². The van der Waals surface area contributed by atoms with Gasteiger partial charge in [-0.25, -0.2) is 4.79 Å². The average Bonchev–Trinajstić information content (AvgIpc) is 3.27. The topological polar surface area (TPSA) is 81.7 Å². The molecule has 0 aromatic heterocycles. The first-order valence-electron chi connectivity index (χ1n) is 8.35. The van der Waals surface area contributed by atoms with Gasteiger partial charge in [-0.15, -0.1) is 0 Å². The van der Waals surface area contributed by atoms with E-state index in [0.29, 0.717) is 18.0 Å². The lowest BCUT2D eigenvalue weighted by Crippen LogP contribution is -2.30. The van der Waals surface area contributed by atoms with Crippen molar-refractivity contribution < 1.29 is 23.9 Å². The second kappa shape index (κ2) is 7.51. The van der Waals surface area contributed by atoms with Crippen molar-refractivity contribution in [2.24, 2.45) is 17.8 Å². The Morgan fingerprint density at radius 2 is 1.88 bits per heavy atom. The lowest BCUT2D eigenvalue weighted by molar-refractivity contribution is -0.153. The van der Waals surface area contributed by atoms with Gasteiger partial charge in [-0.3, -0.25) is 9.59 Å². The molecule has 0 aliphatic heterocycles. The van der Waals surface area contributed by atoms with Crippen LogP contribution < -0.4 is 5.32 Å². The zero-order valence-electron chi connectivity index (χ0n) is 14.1. The molecule has 1 aromatic rings. The monoisotopic (exact) mass is 343 g/mol. The molecule has 0 radical (unpaired) electrons. The van der Waals surface area contributed by atoms with E-state index in [4.69, 9.17) is 4.74 Å². The van der Waals surface area contributed by atoms with Crippen LogP contribution in [0.2, 0.25) is 0 Å². The third kappa shape index (κ3) is 4.07. The third-order valence-corrected chi connectivity index (χ3v) is 4.79. The Kier molecular flexibility index (Phi) is 5.16. The van der Waals surface area contributed by atoms with E-state index in [1.54, 1.807) is 24.3 Å². The Balaban J connectivity index is 1.40. The Labute approximate surface area is 146 Å². The van der Waals surface area contributed by atoms with Crippen molar-refractivity contribution in [1.82, 2.24) is 5.32 Å². The predicted octanol–water partition coefficient (Wildman–Crippen LogP) is 1.84. The number of benzene rings is 1. The van der Waals surface area contributed by atoms with Crippen molar-refractivity contribution >= 4 is 17.8 Å². The first-order chi connectivity index (χ1) is 12.1. The number of rotatable bonds is 6. The van der Waals surface area contributed by atoms with Crippen LogP contribution in [0.4, 0.5) is 0 Å². The second-order valence-corrected chi connectivity index (χ2v) is 6.46. The molecule has 25 heavy (non-hydrogen) atoms. The van der Waals surface area contributed by atoms with E-state index in [9.17, 15) is 14.4 Å². The number of esters is 2. The smallest absolute Gasteiger partial charge is 0.337 e. The number of hydrogen-bond donors (Lipinski definition) is 1. The largest absolute Gasteiger partial charge is 0.465 e.